The molecular formula is C26H25N3O3S. The molecule has 0 bridgehead atoms. The molecule has 7 heteroatoms. The van der Waals surface area contributed by atoms with E-state index in [0.29, 0.717) is 46.8 Å². The summed E-state index contributed by atoms with van der Waals surface area (Å²) in [5, 5.41) is 10.9. The van der Waals surface area contributed by atoms with Gasteiger partial charge in [-0.3, -0.25) is 9.69 Å². The number of ketones is 1. The molecule has 168 valence electrons. The molecule has 0 radical (unpaired) electrons. The zero-order valence-electron chi connectivity index (χ0n) is 18.5. The molecule has 33 heavy (non-hydrogen) atoms. The number of esters is 1. The van der Waals surface area contributed by atoms with Crippen LogP contribution >= 0.6 is 11.3 Å². The Hall–Kier alpha value is -3.37. The van der Waals surface area contributed by atoms with Gasteiger partial charge in [-0.2, -0.15) is 5.26 Å². The molecule has 6 nitrogen and oxygen atoms in total. The summed E-state index contributed by atoms with van der Waals surface area (Å²) in [6.07, 6.45) is 5.63. The molecule has 0 unspecified atom stereocenters. The van der Waals surface area contributed by atoms with Gasteiger partial charge in [-0.25, -0.2) is 4.79 Å². The van der Waals surface area contributed by atoms with Crippen molar-refractivity contribution in [1.29, 1.82) is 5.26 Å². The number of allylic oxidation sites excluding steroid dienone is 3. The molecule has 1 aliphatic heterocycles. The molecular weight excluding hydrogens is 434 g/mol. The summed E-state index contributed by atoms with van der Waals surface area (Å²) in [5.74, 6) is -0.559. The van der Waals surface area contributed by atoms with Crippen LogP contribution in [0.15, 0.2) is 53.0 Å². The van der Waals surface area contributed by atoms with Gasteiger partial charge in [0, 0.05) is 22.6 Å². The second-order valence-corrected chi connectivity index (χ2v) is 9.69. The van der Waals surface area contributed by atoms with Crippen LogP contribution in [0.2, 0.25) is 0 Å². The summed E-state index contributed by atoms with van der Waals surface area (Å²) in [5.41, 5.74) is 10.9. The summed E-state index contributed by atoms with van der Waals surface area (Å²) < 4.78 is 5.16. The number of carbonyl (C=O) groups excluding carboxylic acids is 2. The first-order valence-electron chi connectivity index (χ1n) is 11.3. The maximum Gasteiger partial charge on any atom is 0.341 e. The van der Waals surface area contributed by atoms with Crippen molar-refractivity contribution in [1.82, 2.24) is 0 Å². The number of methoxy groups -OCH3 is 1. The van der Waals surface area contributed by atoms with E-state index >= 15 is 0 Å². The van der Waals surface area contributed by atoms with E-state index in [1.807, 2.05) is 35.2 Å². The zero-order valence-corrected chi connectivity index (χ0v) is 19.3. The van der Waals surface area contributed by atoms with Gasteiger partial charge in [-0.15, -0.1) is 11.3 Å². The van der Waals surface area contributed by atoms with Crippen LogP contribution in [-0.2, 0) is 22.4 Å². The lowest BCUT2D eigenvalue weighted by atomic mass is 9.75. The number of nitrogens with zero attached hydrogens (tertiary/aromatic N) is 2. The van der Waals surface area contributed by atoms with Gasteiger partial charge in [0.2, 0.25) is 0 Å². The number of thiophene rings is 1. The van der Waals surface area contributed by atoms with Crippen molar-refractivity contribution < 1.29 is 14.3 Å². The Bertz CT molecular complexity index is 1250. The number of Topliss-reactive ketones (excluding diaryl/α,β-unsaturated/α-hetero) is 1. The maximum atomic E-state index is 13.3. The Balaban J connectivity index is 1.78. The van der Waals surface area contributed by atoms with Gasteiger partial charge < -0.3 is 10.5 Å². The van der Waals surface area contributed by atoms with Crippen LogP contribution in [0.25, 0.3) is 0 Å². The third-order valence-electron chi connectivity index (χ3n) is 6.79. The fraction of sp³-hybridized carbons (Fsp3) is 0.346. The smallest absolute Gasteiger partial charge is 0.341 e. The zero-order chi connectivity index (χ0) is 23.1. The molecule has 5 rings (SSSR count). The second-order valence-electron chi connectivity index (χ2n) is 8.61. The Kier molecular flexibility index (Phi) is 5.55. The van der Waals surface area contributed by atoms with Gasteiger partial charge in [0.1, 0.15) is 10.8 Å². The molecule has 0 spiro atoms. The van der Waals surface area contributed by atoms with Crippen LogP contribution in [-0.4, -0.2) is 18.9 Å². The lowest BCUT2D eigenvalue weighted by molar-refractivity contribution is -0.116. The number of fused-ring (bicyclic) bond motifs is 1. The first-order valence-corrected chi connectivity index (χ1v) is 12.1. The Morgan fingerprint density at radius 2 is 1.91 bits per heavy atom. The van der Waals surface area contributed by atoms with Gasteiger partial charge in [0.15, 0.2) is 5.78 Å². The third kappa shape index (κ3) is 3.37. The molecule has 0 saturated heterocycles. The standard InChI is InChI=1S/C26H25N3O3S/c1-32-26(31)22-16-10-5-6-13-20(16)33-25(22)29-18-11-7-12-19(30)23(18)21(17(14-27)24(29)28)15-8-3-2-4-9-15/h2-4,8-9,21H,5-7,10-13,28H2,1H3/t21-/m1/s1. The van der Waals surface area contributed by atoms with Crippen LogP contribution in [0.3, 0.4) is 0 Å². The molecule has 1 aromatic carbocycles. The van der Waals surface area contributed by atoms with E-state index < -0.39 is 11.9 Å². The molecule has 0 fully saturated rings. The number of aryl methyl sites for hydroxylation is 1. The summed E-state index contributed by atoms with van der Waals surface area (Å²) >= 11 is 1.54. The minimum absolute atomic E-state index is 0.0382. The average Bonchev–Trinajstić information content (AvgIpc) is 3.22. The van der Waals surface area contributed by atoms with E-state index in [2.05, 4.69) is 6.07 Å². The Morgan fingerprint density at radius 1 is 1.15 bits per heavy atom. The molecule has 2 aliphatic carbocycles. The number of benzene rings is 1. The van der Waals surface area contributed by atoms with Crippen molar-refractivity contribution >= 4 is 28.1 Å². The average molecular weight is 460 g/mol. The van der Waals surface area contributed by atoms with Crippen molar-refractivity contribution in [3.8, 4) is 6.07 Å². The highest BCUT2D eigenvalue weighted by molar-refractivity contribution is 7.16. The van der Waals surface area contributed by atoms with Crippen molar-refractivity contribution in [3.05, 3.63) is 74.6 Å². The van der Waals surface area contributed by atoms with Gasteiger partial charge in [-0.05, 0) is 49.7 Å². The minimum atomic E-state index is -0.494. The van der Waals surface area contributed by atoms with Crippen LogP contribution in [0.1, 0.15) is 64.4 Å². The number of hydrogen-bond donors (Lipinski definition) is 1. The van der Waals surface area contributed by atoms with Gasteiger partial charge in [0.25, 0.3) is 0 Å². The third-order valence-corrected chi connectivity index (χ3v) is 8.07. The molecule has 0 saturated carbocycles. The largest absolute Gasteiger partial charge is 0.465 e. The van der Waals surface area contributed by atoms with Gasteiger partial charge in [-0.1, -0.05) is 30.3 Å². The van der Waals surface area contributed by atoms with E-state index in [9.17, 15) is 14.9 Å². The van der Waals surface area contributed by atoms with Crippen LogP contribution in [0.4, 0.5) is 5.00 Å². The summed E-state index contributed by atoms with van der Waals surface area (Å²) in [6.45, 7) is 0. The molecule has 2 N–H and O–H groups in total. The Labute approximate surface area is 197 Å². The molecule has 2 aromatic rings. The number of rotatable bonds is 3. The number of ether oxygens (including phenoxy) is 1. The number of carbonyl (C=O) groups is 2. The van der Waals surface area contributed by atoms with Crippen LogP contribution < -0.4 is 10.6 Å². The monoisotopic (exact) mass is 459 g/mol. The van der Waals surface area contributed by atoms with Gasteiger partial charge in [0.05, 0.1) is 30.2 Å². The van der Waals surface area contributed by atoms with Crippen molar-refractivity contribution in [2.45, 2.75) is 50.9 Å². The van der Waals surface area contributed by atoms with E-state index in [0.717, 1.165) is 47.4 Å². The minimum Gasteiger partial charge on any atom is -0.465 e. The van der Waals surface area contributed by atoms with E-state index in [1.165, 1.54) is 18.4 Å². The summed E-state index contributed by atoms with van der Waals surface area (Å²) in [6, 6.07) is 11.9. The van der Waals surface area contributed by atoms with E-state index in [1.54, 1.807) is 0 Å². The molecule has 1 atom stereocenters. The van der Waals surface area contributed by atoms with Crippen LogP contribution in [0, 0.1) is 11.3 Å². The predicted octanol–water partition coefficient (Wildman–Crippen LogP) is 4.72. The number of hydrogen-bond acceptors (Lipinski definition) is 7. The molecule has 1 aromatic heterocycles. The Morgan fingerprint density at radius 3 is 2.64 bits per heavy atom. The lowest BCUT2D eigenvalue weighted by Crippen LogP contribution is -2.39. The maximum absolute atomic E-state index is 13.3. The first-order chi connectivity index (χ1) is 16.1. The first kappa shape index (κ1) is 21.5. The number of anilines is 1. The summed E-state index contributed by atoms with van der Waals surface area (Å²) in [7, 11) is 1.38. The van der Waals surface area contributed by atoms with Crippen molar-refractivity contribution in [2.75, 3.05) is 12.0 Å². The SMILES string of the molecule is COC(=O)c1c(N2C(N)=C(C#N)[C@@H](c3ccccc3)C3=C2CCCC3=O)sc2c1CCCC2. The highest BCUT2D eigenvalue weighted by atomic mass is 32.1. The number of nitrogens with two attached hydrogens (primary N) is 1. The normalized spacial score (nSPS) is 20.3. The summed E-state index contributed by atoms with van der Waals surface area (Å²) in [4.78, 5) is 29.2. The molecule has 3 aliphatic rings. The van der Waals surface area contributed by atoms with Crippen molar-refractivity contribution in [2.24, 2.45) is 5.73 Å². The predicted molar refractivity (Wildman–Crippen MR) is 127 cm³/mol. The van der Waals surface area contributed by atoms with Crippen molar-refractivity contribution in [3.63, 3.8) is 0 Å². The fourth-order valence-electron chi connectivity index (χ4n) is 5.32. The second kappa shape index (κ2) is 8.53. The lowest BCUT2D eigenvalue weighted by Gasteiger charge is -2.39. The number of nitriles is 1. The highest BCUT2D eigenvalue weighted by Gasteiger charge is 2.42. The molecule has 2 heterocycles. The highest BCUT2D eigenvalue weighted by Crippen LogP contribution is 2.50. The van der Waals surface area contributed by atoms with Crippen LogP contribution in [0.5, 0.6) is 0 Å². The fourth-order valence-corrected chi connectivity index (χ4v) is 6.73. The quantitative estimate of drug-likeness (QED) is 0.667. The van der Waals surface area contributed by atoms with Gasteiger partial charge >= 0.3 is 5.97 Å². The topological polar surface area (TPSA) is 96.4 Å². The van der Waals surface area contributed by atoms with E-state index in [-0.39, 0.29) is 5.78 Å². The molecule has 0 amide bonds. The van der Waals surface area contributed by atoms with E-state index in [4.69, 9.17) is 10.5 Å².